The summed E-state index contributed by atoms with van der Waals surface area (Å²) in [5, 5.41) is 13.8. The number of nitro groups is 1. The SMILES string of the molecule is CCN(CC)CC(C)Nc1cc([N+](=O)[O-])ccn1. The molecule has 0 saturated heterocycles. The summed E-state index contributed by atoms with van der Waals surface area (Å²) in [5.74, 6) is 0.545. The number of hydrogen-bond donors (Lipinski definition) is 1. The first kappa shape index (κ1) is 14.4. The summed E-state index contributed by atoms with van der Waals surface area (Å²) in [7, 11) is 0. The second-order valence-electron chi connectivity index (χ2n) is 4.19. The van der Waals surface area contributed by atoms with Gasteiger partial charge in [-0.25, -0.2) is 4.98 Å². The molecule has 6 heteroatoms. The summed E-state index contributed by atoms with van der Waals surface area (Å²) in [6.45, 7) is 9.13. The molecule has 1 aromatic rings. The minimum absolute atomic E-state index is 0.0579. The van der Waals surface area contributed by atoms with E-state index in [9.17, 15) is 10.1 Å². The minimum Gasteiger partial charge on any atom is -0.366 e. The lowest BCUT2D eigenvalue weighted by Crippen LogP contribution is -2.34. The van der Waals surface area contributed by atoms with Gasteiger partial charge < -0.3 is 10.2 Å². The molecule has 0 radical (unpaired) electrons. The monoisotopic (exact) mass is 252 g/mol. The number of likely N-dealkylation sites (N-methyl/N-ethyl adjacent to an activating group) is 1. The number of hydrogen-bond acceptors (Lipinski definition) is 5. The van der Waals surface area contributed by atoms with Crippen molar-refractivity contribution < 1.29 is 4.92 Å². The van der Waals surface area contributed by atoms with E-state index in [0.717, 1.165) is 19.6 Å². The first-order chi connectivity index (χ1) is 8.56. The van der Waals surface area contributed by atoms with Crippen LogP contribution in [0.3, 0.4) is 0 Å². The predicted octanol–water partition coefficient (Wildman–Crippen LogP) is 2.13. The van der Waals surface area contributed by atoms with Crippen molar-refractivity contribution in [1.29, 1.82) is 0 Å². The second kappa shape index (κ2) is 6.90. The van der Waals surface area contributed by atoms with Crippen LogP contribution in [-0.4, -0.2) is 40.5 Å². The van der Waals surface area contributed by atoms with Gasteiger partial charge in [0.1, 0.15) is 5.82 Å². The van der Waals surface area contributed by atoms with Gasteiger partial charge in [-0.2, -0.15) is 0 Å². The van der Waals surface area contributed by atoms with Gasteiger partial charge in [0.05, 0.1) is 11.0 Å². The Bertz CT molecular complexity index is 393. The van der Waals surface area contributed by atoms with Gasteiger partial charge in [0.25, 0.3) is 5.69 Å². The molecule has 0 aliphatic rings. The molecule has 0 aliphatic heterocycles. The van der Waals surface area contributed by atoms with Gasteiger partial charge in [0.2, 0.25) is 0 Å². The van der Waals surface area contributed by atoms with E-state index in [0.29, 0.717) is 5.82 Å². The first-order valence-electron chi connectivity index (χ1n) is 6.16. The van der Waals surface area contributed by atoms with Crippen LogP contribution in [0.2, 0.25) is 0 Å². The van der Waals surface area contributed by atoms with Gasteiger partial charge in [-0.3, -0.25) is 10.1 Å². The summed E-state index contributed by atoms with van der Waals surface area (Å²) >= 11 is 0. The molecule has 1 N–H and O–H groups in total. The van der Waals surface area contributed by atoms with E-state index in [1.165, 1.54) is 18.3 Å². The Labute approximate surface area is 107 Å². The average molecular weight is 252 g/mol. The van der Waals surface area contributed by atoms with Crippen molar-refractivity contribution in [2.24, 2.45) is 0 Å². The van der Waals surface area contributed by atoms with Crippen molar-refractivity contribution in [3.8, 4) is 0 Å². The number of pyridine rings is 1. The summed E-state index contributed by atoms with van der Waals surface area (Å²) in [5.41, 5.74) is 0.0579. The molecule has 0 aliphatic carbocycles. The Morgan fingerprint density at radius 1 is 1.50 bits per heavy atom. The molecule has 1 aromatic heterocycles. The number of aromatic nitrogens is 1. The maximum atomic E-state index is 10.7. The lowest BCUT2D eigenvalue weighted by molar-refractivity contribution is -0.384. The Morgan fingerprint density at radius 3 is 2.72 bits per heavy atom. The fraction of sp³-hybridized carbons (Fsp3) is 0.583. The van der Waals surface area contributed by atoms with Crippen LogP contribution in [0.1, 0.15) is 20.8 Å². The van der Waals surface area contributed by atoms with E-state index in [1.54, 1.807) is 0 Å². The molecule has 0 saturated carbocycles. The van der Waals surface area contributed by atoms with E-state index in [-0.39, 0.29) is 11.7 Å². The maximum absolute atomic E-state index is 10.7. The van der Waals surface area contributed by atoms with Crippen LogP contribution in [0.5, 0.6) is 0 Å². The van der Waals surface area contributed by atoms with Crippen LogP contribution in [0.25, 0.3) is 0 Å². The molecule has 1 atom stereocenters. The standard InChI is InChI=1S/C12H20N4O2/c1-4-15(5-2)9-10(3)14-12-8-11(16(17)18)6-7-13-12/h6-8,10H,4-5,9H2,1-3H3,(H,13,14). The van der Waals surface area contributed by atoms with Crippen molar-refractivity contribution in [3.63, 3.8) is 0 Å². The Morgan fingerprint density at radius 2 is 2.17 bits per heavy atom. The van der Waals surface area contributed by atoms with Crippen molar-refractivity contribution >= 4 is 11.5 Å². The van der Waals surface area contributed by atoms with Crippen molar-refractivity contribution in [3.05, 3.63) is 28.4 Å². The normalized spacial score (nSPS) is 12.4. The molecule has 0 fully saturated rings. The Kier molecular flexibility index (Phi) is 5.51. The number of nitrogens with zero attached hydrogens (tertiary/aromatic N) is 3. The molecule has 1 unspecified atom stereocenters. The third-order valence-corrected chi connectivity index (χ3v) is 2.78. The second-order valence-corrected chi connectivity index (χ2v) is 4.19. The van der Waals surface area contributed by atoms with Gasteiger partial charge in [0, 0.05) is 24.8 Å². The summed E-state index contributed by atoms with van der Waals surface area (Å²) < 4.78 is 0. The molecule has 0 bridgehead atoms. The summed E-state index contributed by atoms with van der Waals surface area (Å²) in [4.78, 5) is 16.6. The Hall–Kier alpha value is -1.69. The zero-order valence-corrected chi connectivity index (χ0v) is 11.1. The Balaban J connectivity index is 2.61. The van der Waals surface area contributed by atoms with Crippen LogP contribution in [0, 0.1) is 10.1 Å². The van der Waals surface area contributed by atoms with Crippen LogP contribution < -0.4 is 5.32 Å². The molecular formula is C12H20N4O2. The summed E-state index contributed by atoms with van der Waals surface area (Å²) in [6, 6.07) is 3.04. The fourth-order valence-electron chi connectivity index (χ4n) is 1.78. The largest absolute Gasteiger partial charge is 0.366 e. The maximum Gasteiger partial charge on any atom is 0.274 e. The van der Waals surface area contributed by atoms with E-state index in [4.69, 9.17) is 0 Å². The van der Waals surface area contributed by atoms with Crippen molar-refractivity contribution in [2.45, 2.75) is 26.8 Å². The van der Waals surface area contributed by atoms with E-state index >= 15 is 0 Å². The summed E-state index contributed by atoms with van der Waals surface area (Å²) in [6.07, 6.45) is 1.45. The number of nitrogens with one attached hydrogen (secondary N) is 1. The number of rotatable bonds is 7. The van der Waals surface area contributed by atoms with Crippen LogP contribution in [0.4, 0.5) is 11.5 Å². The quantitative estimate of drug-likeness (QED) is 0.594. The molecule has 1 heterocycles. The zero-order chi connectivity index (χ0) is 13.5. The highest BCUT2D eigenvalue weighted by molar-refractivity contribution is 5.44. The van der Waals surface area contributed by atoms with E-state index in [1.807, 2.05) is 6.92 Å². The molecule has 18 heavy (non-hydrogen) atoms. The lowest BCUT2D eigenvalue weighted by Gasteiger charge is -2.23. The van der Waals surface area contributed by atoms with Crippen LogP contribution >= 0.6 is 0 Å². The highest BCUT2D eigenvalue weighted by Crippen LogP contribution is 2.14. The zero-order valence-electron chi connectivity index (χ0n) is 11.1. The molecule has 100 valence electrons. The van der Waals surface area contributed by atoms with Crippen LogP contribution in [-0.2, 0) is 0 Å². The minimum atomic E-state index is -0.415. The smallest absolute Gasteiger partial charge is 0.274 e. The highest BCUT2D eigenvalue weighted by atomic mass is 16.6. The van der Waals surface area contributed by atoms with Crippen LogP contribution in [0.15, 0.2) is 18.3 Å². The molecule has 0 spiro atoms. The van der Waals surface area contributed by atoms with Gasteiger partial charge >= 0.3 is 0 Å². The van der Waals surface area contributed by atoms with E-state index < -0.39 is 4.92 Å². The lowest BCUT2D eigenvalue weighted by atomic mass is 10.3. The molecule has 1 rings (SSSR count). The van der Waals surface area contributed by atoms with Gasteiger partial charge in [0.15, 0.2) is 0 Å². The highest BCUT2D eigenvalue weighted by Gasteiger charge is 2.10. The third kappa shape index (κ3) is 4.29. The molecule has 0 aromatic carbocycles. The first-order valence-corrected chi connectivity index (χ1v) is 6.16. The average Bonchev–Trinajstić information content (AvgIpc) is 2.36. The van der Waals surface area contributed by atoms with E-state index in [2.05, 4.69) is 29.0 Å². The third-order valence-electron chi connectivity index (χ3n) is 2.78. The van der Waals surface area contributed by atoms with Crippen molar-refractivity contribution in [1.82, 2.24) is 9.88 Å². The van der Waals surface area contributed by atoms with Gasteiger partial charge in [-0.1, -0.05) is 13.8 Å². The molecule has 0 amide bonds. The number of anilines is 1. The van der Waals surface area contributed by atoms with Crippen molar-refractivity contribution in [2.75, 3.05) is 25.0 Å². The fourth-order valence-corrected chi connectivity index (χ4v) is 1.78. The van der Waals surface area contributed by atoms with Gasteiger partial charge in [-0.05, 0) is 20.0 Å². The molecule has 6 nitrogen and oxygen atoms in total. The predicted molar refractivity (Wildman–Crippen MR) is 71.8 cm³/mol. The topological polar surface area (TPSA) is 71.3 Å². The molecular weight excluding hydrogens is 232 g/mol. The van der Waals surface area contributed by atoms with Gasteiger partial charge in [-0.15, -0.1) is 0 Å².